The number of benzene rings is 1. The van der Waals surface area contributed by atoms with Crippen molar-refractivity contribution in [3.8, 4) is 23.8 Å². The van der Waals surface area contributed by atoms with E-state index in [2.05, 4.69) is 15.0 Å². The monoisotopic (exact) mass is 335 g/mol. The lowest BCUT2D eigenvalue weighted by Crippen LogP contribution is -2.07. The molecule has 0 N–H and O–H groups in total. The number of ether oxygens (including phenoxy) is 4. The van der Waals surface area contributed by atoms with Gasteiger partial charge in [-0.15, -0.1) is 15.0 Å². The molecule has 0 saturated carbocycles. The maximum atomic E-state index is 5.71. The van der Waals surface area contributed by atoms with Crippen LogP contribution in [0, 0.1) is 0 Å². The van der Waals surface area contributed by atoms with Crippen molar-refractivity contribution in [1.82, 2.24) is 15.0 Å². The van der Waals surface area contributed by atoms with Crippen molar-refractivity contribution in [2.75, 3.05) is 20.8 Å². The van der Waals surface area contributed by atoms with Crippen molar-refractivity contribution in [2.24, 2.45) is 0 Å². The third-order valence-corrected chi connectivity index (χ3v) is 3.02. The molecule has 0 spiro atoms. The molecular formula is C15H17N3O4S. The van der Waals surface area contributed by atoms with Gasteiger partial charge in [0.2, 0.25) is 0 Å². The van der Waals surface area contributed by atoms with Gasteiger partial charge in [0.05, 0.1) is 26.4 Å². The van der Waals surface area contributed by atoms with Crippen LogP contribution in [0.1, 0.15) is 18.9 Å². The minimum atomic E-state index is 0.0411. The number of nitrogens with zero attached hydrogens (tertiary/aromatic N) is 3. The minimum absolute atomic E-state index is 0.0411. The van der Waals surface area contributed by atoms with Gasteiger partial charge < -0.3 is 18.9 Å². The molecule has 122 valence electrons. The summed E-state index contributed by atoms with van der Waals surface area (Å²) in [4.78, 5) is 12.0. The lowest BCUT2D eigenvalue weighted by molar-refractivity contribution is 0.310. The molecule has 1 heterocycles. The van der Waals surface area contributed by atoms with Crippen LogP contribution in [0.2, 0.25) is 0 Å². The first kappa shape index (κ1) is 16.9. The van der Waals surface area contributed by atoms with E-state index in [0.29, 0.717) is 23.0 Å². The van der Waals surface area contributed by atoms with Crippen molar-refractivity contribution in [1.29, 1.82) is 0 Å². The van der Waals surface area contributed by atoms with Crippen molar-refractivity contribution in [3.05, 3.63) is 29.8 Å². The molecule has 1 aromatic heterocycles. The zero-order chi connectivity index (χ0) is 16.7. The maximum absolute atomic E-state index is 5.71. The van der Waals surface area contributed by atoms with Gasteiger partial charge in [-0.3, -0.25) is 0 Å². The third kappa shape index (κ3) is 4.49. The Morgan fingerprint density at radius 3 is 2.22 bits per heavy atom. The molecule has 0 unspecified atom stereocenters. The molecule has 0 radical (unpaired) electrons. The standard InChI is InChI=1S/C15H17N3O4S/c1-4-9-21-12(23)10-7-5-6-8-11(10)22-15-17-13(19-2)16-14(18-15)20-3/h5-8H,4,9H2,1-3H3. The molecule has 1 aromatic carbocycles. The summed E-state index contributed by atoms with van der Waals surface area (Å²) >= 11 is 5.28. The largest absolute Gasteiger partial charge is 0.483 e. The number of rotatable bonds is 7. The second kappa shape index (κ2) is 8.23. The van der Waals surface area contributed by atoms with Crippen LogP contribution in [0.15, 0.2) is 24.3 Å². The summed E-state index contributed by atoms with van der Waals surface area (Å²) in [7, 11) is 2.89. The number of aromatic nitrogens is 3. The van der Waals surface area contributed by atoms with E-state index in [1.54, 1.807) is 6.07 Å². The van der Waals surface area contributed by atoms with Gasteiger partial charge in [0.1, 0.15) is 5.75 Å². The Hall–Kier alpha value is -2.48. The summed E-state index contributed by atoms with van der Waals surface area (Å²) in [5.41, 5.74) is 0.647. The molecule has 0 aliphatic heterocycles. The second-order valence-electron chi connectivity index (χ2n) is 4.33. The predicted octanol–water partition coefficient (Wildman–Crippen LogP) is 2.78. The Kier molecular flexibility index (Phi) is 6.04. The highest BCUT2D eigenvalue weighted by Crippen LogP contribution is 2.25. The van der Waals surface area contributed by atoms with E-state index in [0.717, 1.165) is 6.42 Å². The van der Waals surface area contributed by atoms with Gasteiger partial charge >= 0.3 is 18.0 Å². The normalized spacial score (nSPS) is 10.0. The van der Waals surface area contributed by atoms with E-state index in [4.69, 9.17) is 31.2 Å². The summed E-state index contributed by atoms with van der Waals surface area (Å²) in [6.45, 7) is 2.55. The van der Waals surface area contributed by atoms with Gasteiger partial charge in [-0.25, -0.2) is 0 Å². The highest BCUT2D eigenvalue weighted by atomic mass is 32.1. The fourth-order valence-corrected chi connectivity index (χ4v) is 1.90. The Morgan fingerprint density at radius 1 is 1.00 bits per heavy atom. The van der Waals surface area contributed by atoms with Gasteiger partial charge in [0, 0.05) is 0 Å². The van der Waals surface area contributed by atoms with Crippen LogP contribution in [0.3, 0.4) is 0 Å². The van der Waals surface area contributed by atoms with Gasteiger partial charge in [-0.1, -0.05) is 19.1 Å². The molecule has 2 aromatic rings. The smallest absolute Gasteiger partial charge is 0.331 e. The van der Waals surface area contributed by atoms with Crippen LogP contribution >= 0.6 is 12.2 Å². The number of hydrogen-bond donors (Lipinski definition) is 0. The molecule has 0 aliphatic rings. The highest BCUT2D eigenvalue weighted by Gasteiger charge is 2.14. The molecule has 7 nitrogen and oxygen atoms in total. The van der Waals surface area contributed by atoms with Crippen LogP contribution < -0.4 is 14.2 Å². The zero-order valence-electron chi connectivity index (χ0n) is 13.1. The molecule has 0 fully saturated rings. The number of para-hydroxylation sites is 1. The summed E-state index contributed by atoms with van der Waals surface area (Å²) in [6.07, 6.45) is 0.866. The highest BCUT2D eigenvalue weighted by molar-refractivity contribution is 7.80. The summed E-state index contributed by atoms with van der Waals surface area (Å²) in [5.74, 6) is 0.476. The van der Waals surface area contributed by atoms with E-state index >= 15 is 0 Å². The Bertz CT molecular complexity index is 659. The Morgan fingerprint density at radius 2 is 1.61 bits per heavy atom. The summed E-state index contributed by atoms with van der Waals surface area (Å²) in [5, 5.41) is 0.357. The summed E-state index contributed by atoms with van der Waals surface area (Å²) in [6, 6.07) is 7.44. The predicted molar refractivity (Wildman–Crippen MR) is 87.4 cm³/mol. The number of hydrogen-bond acceptors (Lipinski definition) is 8. The van der Waals surface area contributed by atoms with Crippen molar-refractivity contribution in [3.63, 3.8) is 0 Å². The molecular weight excluding hydrogens is 318 g/mol. The lowest BCUT2D eigenvalue weighted by atomic mass is 10.2. The van der Waals surface area contributed by atoms with Crippen molar-refractivity contribution in [2.45, 2.75) is 13.3 Å². The molecule has 0 amide bonds. The minimum Gasteiger partial charge on any atom is -0.483 e. The SMILES string of the molecule is CCCOC(=S)c1ccccc1Oc1nc(OC)nc(OC)n1. The van der Waals surface area contributed by atoms with E-state index < -0.39 is 0 Å². The first-order valence-electron chi connectivity index (χ1n) is 6.96. The van der Waals surface area contributed by atoms with Gasteiger partial charge in [-0.2, -0.15) is 0 Å². The Balaban J connectivity index is 2.28. The van der Waals surface area contributed by atoms with Crippen molar-refractivity contribution < 1.29 is 18.9 Å². The van der Waals surface area contributed by atoms with Crippen LogP contribution in [0.5, 0.6) is 23.8 Å². The van der Waals surface area contributed by atoms with E-state index in [1.165, 1.54) is 14.2 Å². The number of methoxy groups -OCH3 is 2. The molecule has 2 rings (SSSR count). The van der Waals surface area contributed by atoms with Crippen LogP contribution in [-0.4, -0.2) is 40.8 Å². The van der Waals surface area contributed by atoms with E-state index in [9.17, 15) is 0 Å². The topological polar surface area (TPSA) is 75.6 Å². The molecule has 0 bridgehead atoms. The van der Waals surface area contributed by atoms with Crippen LogP contribution in [0.4, 0.5) is 0 Å². The molecule has 0 saturated heterocycles. The van der Waals surface area contributed by atoms with Crippen molar-refractivity contribution >= 4 is 17.3 Å². The first-order valence-corrected chi connectivity index (χ1v) is 7.36. The van der Waals surface area contributed by atoms with Crippen LogP contribution in [-0.2, 0) is 4.74 Å². The molecule has 0 atom stereocenters. The zero-order valence-corrected chi connectivity index (χ0v) is 13.9. The third-order valence-electron chi connectivity index (χ3n) is 2.68. The lowest BCUT2D eigenvalue weighted by Gasteiger charge is -2.12. The maximum Gasteiger partial charge on any atom is 0.331 e. The molecule has 23 heavy (non-hydrogen) atoms. The van der Waals surface area contributed by atoms with E-state index in [1.807, 2.05) is 25.1 Å². The fourth-order valence-electron chi connectivity index (χ4n) is 1.64. The second-order valence-corrected chi connectivity index (χ2v) is 4.70. The Labute approximate surface area is 139 Å². The average molecular weight is 335 g/mol. The van der Waals surface area contributed by atoms with E-state index in [-0.39, 0.29) is 18.0 Å². The molecule has 8 heteroatoms. The first-order chi connectivity index (χ1) is 11.2. The summed E-state index contributed by atoms with van der Waals surface area (Å²) < 4.78 is 21.2. The van der Waals surface area contributed by atoms with Gasteiger partial charge in [0.25, 0.3) is 0 Å². The molecule has 0 aliphatic carbocycles. The number of thiocarbonyl (C=S) groups is 1. The quantitative estimate of drug-likeness (QED) is 0.715. The fraction of sp³-hybridized carbons (Fsp3) is 0.333. The van der Waals surface area contributed by atoms with Gasteiger partial charge in [0.15, 0.2) is 5.05 Å². The average Bonchev–Trinajstić information content (AvgIpc) is 2.59. The van der Waals surface area contributed by atoms with Crippen LogP contribution in [0.25, 0.3) is 0 Å². The van der Waals surface area contributed by atoms with Gasteiger partial charge in [-0.05, 0) is 30.8 Å².